The summed E-state index contributed by atoms with van der Waals surface area (Å²) in [6, 6.07) is 23.8. The van der Waals surface area contributed by atoms with Crippen LogP contribution in [0.5, 0.6) is 11.5 Å². The fraction of sp³-hybridized carbons (Fsp3) is 0.192. The minimum atomic E-state index is -1.02. The van der Waals surface area contributed by atoms with Crippen molar-refractivity contribution in [3.05, 3.63) is 95.6 Å². The van der Waals surface area contributed by atoms with Crippen LogP contribution in [-0.4, -0.2) is 53.5 Å². The van der Waals surface area contributed by atoms with E-state index in [4.69, 9.17) is 35.6 Å². The third-order valence-corrected chi connectivity index (χ3v) is 4.37. The van der Waals surface area contributed by atoms with Gasteiger partial charge in [0.2, 0.25) is 0 Å². The van der Waals surface area contributed by atoms with E-state index >= 15 is 0 Å². The molecule has 0 fully saturated rings. The van der Waals surface area contributed by atoms with Crippen molar-refractivity contribution in [1.29, 1.82) is 10.8 Å². The van der Waals surface area contributed by atoms with Gasteiger partial charge in [0.25, 0.3) is 0 Å². The van der Waals surface area contributed by atoms with Crippen molar-refractivity contribution in [1.82, 2.24) is 0 Å². The van der Waals surface area contributed by atoms with E-state index in [2.05, 4.69) is 0 Å². The molecule has 0 bridgehead atoms. The number of aliphatic hydroxyl groups is 2. The van der Waals surface area contributed by atoms with Gasteiger partial charge in [0, 0.05) is 19.9 Å². The standard InChI is InChI=1S/C24H22N2O4.2CH4O/c25-22(14-24(27)28)19-8-12-21(13-9-19)29-15-17-6-10-20(11-7-17)30-16-23(26)18-4-2-1-3-5-18;2*1-2/h1-13,25-26H,14-16H2,(H,27,28);2*2H,1H3. The Balaban J connectivity index is 0.00000137. The number of nitrogens with one attached hydrogen (secondary N) is 2. The van der Waals surface area contributed by atoms with Gasteiger partial charge in [-0.25, -0.2) is 0 Å². The molecule has 0 saturated heterocycles. The number of aliphatic carboxylic acids is 1. The minimum Gasteiger partial charge on any atom is -0.489 e. The molecular weight excluding hydrogens is 436 g/mol. The van der Waals surface area contributed by atoms with Crippen LogP contribution >= 0.6 is 0 Å². The van der Waals surface area contributed by atoms with E-state index in [1.807, 2.05) is 54.6 Å². The molecule has 0 radical (unpaired) electrons. The first-order chi connectivity index (χ1) is 16.5. The lowest BCUT2D eigenvalue weighted by atomic mass is 10.1. The molecule has 3 aromatic carbocycles. The Bertz CT molecular complexity index is 1020. The number of hydrogen-bond acceptors (Lipinski definition) is 7. The van der Waals surface area contributed by atoms with Crippen LogP contribution < -0.4 is 9.47 Å². The van der Waals surface area contributed by atoms with Crippen LogP contribution in [0.25, 0.3) is 0 Å². The molecule has 0 aliphatic heterocycles. The molecule has 0 aliphatic rings. The summed E-state index contributed by atoms with van der Waals surface area (Å²) in [6.45, 7) is 0.565. The van der Waals surface area contributed by atoms with Crippen LogP contribution in [-0.2, 0) is 11.4 Å². The second-order valence-corrected chi connectivity index (χ2v) is 6.64. The molecule has 8 nitrogen and oxygen atoms in total. The van der Waals surface area contributed by atoms with E-state index in [1.54, 1.807) is 24.3 Å². The number of carbonyl (C=O) groups is 1. The summed E-state index contributed by atoms with van der Waals surface area (Å²) < 4.78 is 11.4. The van der Waals surface area contributed by atoms with E-state index in [9.17, 15) is 4.79 Å². The molecule has 5 N–H and O–H groups in total. The summed E-state index contributed by atoms with van der Waals surface area (Å²) in [5.74, 6) is 0.295. The van der Waals surface area contributed by atoms with Crippen molar-refractivity contribution in [2.45, 2.75) is 13.0 Å². The molecule has 3 aromatic rings. The number of hydrogen-bond donors (Lipinski definition) is 5. The van der Waals surface area contributed by atoms with Gasteiger partial charge in [-0.2, -0.15) is 0 Å². The lowest BCUT2D eigenvalue weighted by Gasteiger charge is -2.10. The van der Waals surface area contributed by atoms with Gasteiger partial charge in [0.1, 0.15) is 24.7 Å². The average Bonchev–Trinajstić information content (AvgIpc) is 2.89. The van der Waals surface area contributed by atoms with E-state index in [0.29, 0.717) is 29.4 Å². The van der Waals surface area contributed by atoms with Crippen molar-refractivity contribution < 1.29 is 29.6 Å². The molecule has 0 atom stereocenters. The molecule has 180 valence electrons. The van der Waals surface area contributed by atoms with Gasteiger partial charge in [0.05, 0.1) is 12.1 Å². The normalized spacial score (nSPS) is 9.41. The van der Waals surface area contributed by atoms with Crippen LogP contribution in [0.2, 0.25) is 0 Å². The highest BCUT2D eigenvalue weighted by Crippen LogP contribution is 2.17. The van der Waals surface area contributed by atoms with Gasteiger partial charge < -0.3 is 35.6 Å². The maximum absolute atomic E-state index is 10.7. The van der Waals surface area contributed by atoms with Gasteiger partial charge in [-0.1, -0.05) is 42.5 Å². The number of rotatable bonds is 10. The van der Waals surface area contributed by atoms with E-state index < -0.39 is 5.97 Å². The molecule has 0 amide bonds. The van der Waals surface area contributed by atoms with Crippen molar-refractivity contribution in [3.8, 4) is 11.5 Å². The number of carboxylic acid groups (broad SMARTS) is 1. The second kappa shape index (κ2) is 15.7. The lowest BCUT2D eigenvalue weighted by Crippen LogP contribution is -2.11. The van der Waals surface area contributed by atoms with Crippen molar-refractivity contribution in [2.75, 3.05) is 20.8 Å². The Morgan fingerprint density at radius 3 is 1.76 bits per heavy atom. The molecule has 0 aromatic heterocycles. The fourth-order valence-electron chi connectivity index (χ4n) is 2.73. The van der Waals surface area contributed by atoms with Crippen LogP contribution in [0.3, 0.4) is 0 Å². The zero-order valence-electron chi connectivity index (χ0n) is 19.2. The number of benzene rings is 3. The van der Waals surface area contributed by atoms with Gasteiger partial charge >= 0.3 is 5.97 Å². The van der Waals surface area contributed by atoms with Crippen molar-refractivity contribution in [3.63, 3.8) is 0 Å². The Morgan fingerprint density at radius 1 is 0.706 bits per heavy atom. The fourth-order valence-corrected chi connectivity index (χ4v) is 2.73. The quantitative estimate of drug-likeness (QED) is 0.288. The molecule has 0 aliphatic carbocycles. The summed E-state index contributed by atoms with van der Waals surface area (Å²) >= 11 is 0. The van der Waals surface area contributed by atoms with Gasteiger partial charge in [-0.3, -0.25) is 4.79 Å². The van der Waals surface area contributed by atoms with Crippen LogP contribution in [0, 0.1) is 10.8 Å². The van der Waals surface area contributed by atoms with Crippen LogP contribution in [0.4, 0.5) is 0 Å². The third kappa shape index (κ3) is 9.64. The smallest absolute Gasteiger partial charge is 0.309 e. The molecule has 0 heterocycles. The monoisotopic (exact) mass is 466 g/mol. The molecule has 0 saturated carbocycles. The highest BCUT2D eigenvalue weighted by molar-refractivity contribution is 6.07. The van der Waals surface area contributed by atoms with Crippen LogP contribution in [0.1, 0.15) is 23.1 Å². The first kappa shape index (κ1) is 28.0. The maximum atomic E-state index is 10.7. The zero-order chi connectivity index (χ0) is 25.3. The summed E-state index contributed by atoms with van der Waals surface area (Å²) in [7, 11) is 2.00. The van der Waals surface area contributed by atoms with Crippen molar-refractivity contribution >= 4 is 17.4 Å². The SMILES string of the molecule is CO.CO.N=C(COc1ccc(COc2ccc(C(=N)CC(=O)O)cc2)cc1)c1ccccc1. The molecule has 34 heavy (non-hydrogen) atoms. The topological polar surface area (TPSA) is 144 Å². The van der Waals surface area contributed by atoms with Gasteiger partial charge in [-0.05, 0) is 53.1 Å². The van der Waals surface area contributed by atoms with Gasteiger partial charge in [0.15, 0.2) is 0 Å². The second-order valence-electron chi connectivity index (χ2n) is 6.64. The average molecular weight is 467 g/mol. The lowest BCUT2D eigenvalue weighted by molar-refractivity contribution is -0.135. The first-order valence-electron chi connectivity index (χ1n) is 10.3. The molecule has 3 rings (SSSR count). The van der Waals surface area contributed by atoms with E-state index in [0.717, 1.165) is 25.3 Å². The Morgan fingerprint density at radius 2 is 1.21 bits per heavy atom. The Kier molecular flexibility index (Phi) is 13.0. The van der Waals surface area contributed by atoms with E-state index in [1.165, 1.54) is 0 Å². The maximum Gasteiger partial charge on any atom is 0.309 e. The predicted molar refractivity (Wildman–Crippen MR) is 131 cm³/mol. The summed E-state index contributed by atoms with van der Waals surface area (Å²) in [6.07, 6.45) is -0.306. The molecular formula is C26H30N2O6. The summed E-state index contributed by atoms with van der Waals surface area (Å²) in [4.78, 5) is 10.7. The minimum absolute atomic E-state index is 0.0602. The molecule has 0 unspecified atom stereocenters. The highest BCUT2D eigenvalue weighted by Gasteiger charge is 2.07. The third-order valence-electron chi connectivity index (χ3n) is 4.37. The summed E-state index contributed by atoms with van der Waals surface area (Å²) in [5, 5.41) is 38.6. The van der Waals surface area contributed by atoms with Crippen LogP contribution in [0.15, 0.2) is 78.9 Å². The number of carboxylic acids is 1. The number of ether oxygens (including phenoxy) is 2. The highest BCUT2D eigenvalue weighted by atomic mass is 16.5. The largest absolute Gasteiger partial charge is 0.489 e. The summed E-state index contributed by atoms with van der Waals surface area (Å²) in [5.41, 5.74) is 2.84. The zero-order valence-corrected chi connectivity index (χ0v) is 19.2. The van der Waals surface area contributed by atoms with Gasteiger partial charge in [-0.15, -0.1) is 0 Å². The first-order valence-corrected chi connectivity index (χ1v) is 10.3. The Labute approximate surface area is 199 Å². The van der Waals surface area contributed by atoms with Crippen molar-refractivity contribution in [2.24, 2.45) is 0 Å². The predicted octanol–water partition coefficient (Wildman–Crippen LogP) is 3.77. The Hall–Kier alpha value is -4.01. The number of aliphatic hydroxyl groups excluding tert-OH is 2. The molecule has 0 spiro atoms. The molecule has 8 heteroatoms. The van der Waals surface area contributed by atoms with E-state index in [-0.39, 0.29) is 18.7 Å².